The molecule has 0 spiro atoms. The Kier molecular flexibility index (Phi) is 6.92. The van der Waals surface area contributed by atoms with Gasteiger partial charge in [-0.05, 0) is 31.9 Å². The summed E-state index contributed by atoms with van der Waals surface area (Å²) in [6, 6.07) is 4.21. The zero-order chi connectivity index (χ0) is 11.8. The van der Waals surface area contributed by atoms with Gasteiger partial charge in [0.05, 0.1) is 11.9 Å². The molecule has 1 rings (SSSR count). The lowest BCUT2D eigenvalue weighted by atomic mass is 10.2. The van der Waals surface area contributed by atoms with Crippen molar-refractivity contribution in [3.63, 3.8) is 0 Å². The van der Waals surface area contributed by atoms with Crippen LogP contribution in [0.15, 0.2) is 12.1 Å². The van der Waals surface area contributed by atoms with E-state index >= 15 is 0 Å². The Morgan fingerprint density at radius 2 is 2.25 bits per heavy atom. The summed E-state index contributed by atoms with van der Waals surface area (Å²) in [5.74, 6) is 0.272. The first kappa shape index (κ1) is 13.9. The Balaban J connectivity index is 1.98. The Hall–Kier alpha value is -0.190. The molecule has 1 aromatic heterocycles. The van der Waals surface area contributed by atoms with Gasteiger partial charge in [0.15, 0.2) is 0 Å². The zero-order valence-corrected chi connectivity index (χ0v) is 11.9. The molecule has 0 aliphatic heterocycles. The first-order chi connectivity index (χ1) is 7.72. The lowest BCUT2D eigenvalue weighted by Crippen LogP contribution is -2.00. The van der Waals surface area contributed by atoms with Gasteiger partial charge in [0.1, 0.15) is 5.78 Å². The van der Waals surface area contributed by atoms with Crippen molar-refractivity contribution < 1.29 is 9.53 Å². The van der Waals surface area contributed by atoms with E-state index in [0.29, 0.717) is 18.4 Å². The van der Waals surface area contributed by atoms with E-state index in [2.05, 4.69) is 35.0 Å². The van der Waals surface area contributed by atoms with Crippen LogP contribution in [0.5, 0.6) is 0 Å². The molecule has 0 saturated heterocycles. The van der Waals surface area contributed by atoms with E-state index in [1.165, 1.54) is 9.75 Å². The number of ether oxygens (including phenoxy) is 1. The third-order valence-electron chi connectivity index (χ3n) is 2.18. The van der Waals surface area contributed by atoms with Crippen molar-refractivity contribution in [3.05, 3.63) is 21.9 Å². The van der Waals surface area contributed by atoms with Crippen LogP contribution in [0.2, 0.25) is 0 Å². The van der Waals surface area contributed by atoms with Crippen LogP contribution in [-0.4, -0.2) is 17.7 Å². The quantitative estimate of drug-likeness (QED) is 0.540. The van der Waals surface area contributed by atoms with Crippen LogP contribution in [0.1, 0.15) is 29.0 Å². The predicted octanol–water partition coefficient (Wildman–Crippen LogP) is 3.71. The molecule has 1 aromatic rings. The summed E-state index contributed by atoms with van der Waals surface area (Å²) in [6.07, 6.45) is 2.55. The lowest BCUT2D eigenvalue weighted by Gasteiger charge is -2.01. The first-order valence-electron chi connectivity index (χ1n) is 5.43. The molecule has 0 fully saturated rings. The minimum atomic E-state index is 0.272. The molecule has 0 atom stereocenters. The number of hydrogen-bond donors (Lipinski definition) is 0. The van der Waals surface area contributed by atoms with Crippen LogP contribution >= 0.6 is 27.3 Å². The molecule has 1 heterocycles. The molecule has 4 heteroatoms. The molecule has 16 heavy (non-hydrogen) atoms. The molecule has 0 aromatic carbocycles. The minimum absolute atomic E-state index is 0.272. The summed E-state index contributed by atoms with van der Waals surface area (Å²) in [6.45, 7) is 3.54. The zero-order valence-electron chi connectivity index (χ0n) is 9.50. The summed E-state index contributed by atoms with van der Waals surface area (Å²) in [5.41, 5.74) is 0. The molecule has 90 valence electrons. The fourth-order valence-electron chi connectivity index (χ4n) is 1.33. The van der Waals surface area contributed by atoms with Gasteiger partial charge in [-0.15, -0.1) is 11.3 Å². The molecular weight excluding hydrogens is 288 g/mol. The molecule has 0 unspecified atom stereocenters. The van der Waals surface area contributed by atoms with Crippen LogP contribution in [0, 0.1) is 6.92 Å². The van der Waals surface area contributed by atoms with Crippen LogP contribution < -0.4 is 0 Å². The maximum absolute atomic E-state index is 11.0. The van der Waals surface area contributed by atoms with Crippen molar-refractivity contribution in [3.8, 4) is 0 Å². The molecule has 0 aliphatic rings. The van der Waals surface area contributed by atoms with Crippen molar-refractivity contribution in [1.29, 1.82) is 0 Å². The van der Waals surface area contributed by atoms with E-state index in [1.807, 2.05) is 0 Å². The van der Waals surface area contributed by atoms with Gasteiger partial charge in [0, 0.05) is 22.8 Å². The second kappa shape index (κ2) is 7.98. The number of carbonyl (C=O) groups excluding carboxylic acids is 1. The SMILES string of the molecule is Cc1ccc(COCCCCC(=O)CBr)s1. The molecule has 0 saturated carbocycles. The number of hydrogen-bond acceptors (Lipinski definition) is 3. The van der Waals surface area contributed by atoms with Crippen molar-refractivity contribution >= 4 is 33.0 Å². The summed E-state index contributed by atoms with van der Waals surface area (Å²) in [7, 11) is 0. The molecular formula is C12H17BrO2S. The van der Waals surface area contributed by atoms with E-state index in [4.69, 9.17) is 4.74 Å². The van der Waals surface area contributed by atoms with Gasteiger partial charge < -0.3 is 4.74 Å². The number of Topliss-reactive ketones (excluding diaryl/α,β-unsaturated/α-hetero) is 1. The van der Waals surface area contributed by atoms with Gasteiger partial charge in [-0.2, -0.15) is 0 Å². The second-order valence-electron chi connectivity index (χ2n) is 3.69. The smallest absolute Gasteiger partial charge is 0.143 e. The van der Waals surface area contributed by atoms with E-state index in [0.717, 1.165) is 19.4 Å². The van der Waals surface area contributed by atoms with Crippen molar-refractivity contribution in [2.75, 3.05) is 11.9 Å². The van der Waals surface area contributed by atoms with E-state index in [-0.39, 0.29) is 5.78 Å². The molecule has 0 aliphatic carbocycles. The van der Waals surface area contributed by atoms with Gasteiger partial charge in [0.25, 0.3) is 0 Å². The van der Waals surface area contributed by atoms with Gasteiger partial charge in [-0.25, -0.2) is 0 Å². The molecule has 0 radical (unpaired) electrons. The third kappa shape index (κ3) is 5.77. The predicted molar refractivity (Wildman–Crippen MR) is 71.4 cm³/mol. The fourth-order valence-corrected chi connectivity index (χ4v) is 2.44. The number of thiophene rings is 1. The minimum Gasteiger partial charge on any atom is -0.376 e. The third-order valence-corrected chi connectivity index (χ3v) is 3.78. The standard InChI is InChI=1S/C12H17BrO2S/c1-10-5-6-12(16-10)9-15-7-3-2-4-11(14)8-13/h5-6H,2-4,7-9H2,1H3. The van der Waals surface area contributed by atoms with Gasteiger partial charge in [-0.1, -0.05) is 15.9 Å². The second-order valence-corrected chi connectivity index (χ2v) is 5.63. The van der Waals surface area contributed by atoms with Crippen LogP contribution in [0.25, 0.3) is 0 Å². The summed E-state index contributed by atoms with van der Waals surface area (Å²) < 4.78 is 5.54. The first-order valence-corrected chi connectivity index (χ1v) is 7.37. The highest BCUT2D eigenvalue weighted by Gasteiger charge is 1.99. The van der Waals surface area contributed by atoms with Crippen LogP contribution in [0.4, 0.5) is 0 Å². The van der Waals surface area contributed by atoms with E-state index < -0.39 is 0 Å². The maximum Gasteiger partial charge on any atom is 0.143 e. The van der Waals surface area contributed by atoms with Crippen molar-refractivity contribution in [2.24, 2.45) is 0 Å². The average molecular weight is 305 g/mol. The van der Waals surface area contributed by atoms with Crippen molar-refractivity contribution in [2.45, 2.75) is 32.8 Å². The maximum atomic E-state index is 11.0. The molecule has 0 amide bonds. The topological polar surface area (TPSA) is 26.3 Å². The Morgan fingerprint density at radius 1 is 1.44 bits per heavy atom. The van der Waals surface area contributed by atoms with E-state index in [9.17, 15) is 4.79 Å². The lowest BCUT2D eigenvalue weighted by molar-refractivity contribution is -0.116. The highest BCUT2D eigenvalue weighted by Crippen LogP contribution is 2.15. The number of unbranched alkanes of at least 4 members (excludes halogenated alkanes) is 1. The fraction of sp³-hybridized carbons (Fsp3) is 0.583. The average Bonchev–Trinajstić information content (AvgIpc) is 2.69. The summed E-state index contributed by atoms with van der Waals surface area (Å²) in [4.78, 5) is 13.6. The normalized spacial score (nSPS) is 10.6. The highest BCUT2D eigenvalue weighted by atomic mass is 79.9. The number of aryl methyl sites for hydroxylation is 1. The molecule has 0 bridgehead atoms. The summed E-state index contributed by atoms with van der Waals surface area (Å²) >= 11 is 4.93. The highest BCUT2D eigenvalue weighted by molar-refractivity contribution is 9.09. The molecule has 0 N–H and O–H groups in total. The van der Waals surface area contributed by atoms with Gasteiger partial charge in [0.2, 0.25) is 0 Å². The van der Waals surface area contributed by atoms with Crippen LogP contribution in [-0.2, 0) is 16.1 Å². The van der Waals surface area contributed by atoms with E-state index in [1.54, 1.807) is 11.3 Å². The molecule has 2 nitrogen and oxygen atoms in total. The number of alkyl halides is 1. The Bertz CT molecular complexity index is 323. The Labute approximate surface area is 109 Å². The monoisotopic (exact) mass is 304 g/mol. The van der Waals surface area contributed by atoms with Crippen LogP contribution in [0.3, 0.4) is 0 Å². The number of rotatable bonds is 8. The summed E-state index contributed by atoms with van der Waals surface area (Å²) in [5, 5.41) is 0.475. The van der Waals surface area contributed by atoms with Gasteiger partial charge in [-0.3, -0.25) is 4.79 Å². The Morgan fingerprint density at radius 3 is 2.88 bits per heavy atom. The van der Waals surface area contributed by atoms with Crippen molar-refractivity contribution in [1.82, 2.24) is 0 Å². The largest absolute Gasteiger partial charge is 0.376 e. The number of ketones is 1. The number of carbonyl (C=O) groups is 1. The van der Waals surface area contributed by atoms with Gasteiger partial charge >= 0.3 is 0 Å². The number of halogens is 1.